The van der Waals surface area contributed by atoms with Gasteiger partial charge in [-0.05, 0) is 23.8 Å². The van der Waals surface area contributed by atoms with E-state index >= 15 is 0 Å². The van der Waals surface area contributed by atoms with Crippen LogP contribution in [0.4, 0.5) is 18.9 Å². The van der Waals surface area contributed by atoms with E-state index in [1.165, 1.54) is 36.7 Å². The van der Waals surface area contributed by atoms with E-state index in [0.717, 1.165) is 0 Å². The van der Waals surface area contributed by atoms with Crippen LogP contribution in [0.25, 0.3) is 22.2 Å². The monoisotopic (exact) mass is 330 g/mol. The molecular weight excluding hydrogens is 321 g/mol. The van der Waals surface area contributed by atoms with Gasteiger partial charge in [0, 0.05) is 18.0 Å². The van der Waals surface area contributed by atoms with E-state index in [-0.39, 0.29) is 17.0 Å². The molecule has 0 aliphatic carbocycles. The summed E-state index contributed by atoms with van der Waals surface area (Å²) in [6, 6.07) is 8.83. The van der Waals surface area contributed by atoms with Crippen LogP contribution >= 0.6 is 0 Å². The molecule has 0 saturated carbocycles. The lowest BCUT2D eigenvalue weighted by atomic mass is 10.00. The van der Waals surface area contributed by atoms with Crippen LogP contribution < -0.4 is 10.5 Å². The third kappa shape index (κ3) is 2.92. The van der Waals surface area contributed by atoms with Gasteiger partial charge >= 0.3 is 6.36 Å². The predicted molar refractivity (Wildman–Crippen MR) is 80.8 cm³/mol. The first-order valence-electron chi connectivity index (χ1n) is 6.68. The number of fused-ring (bicyclic) bond motifs is 1. The van der Waals surface area contributed by atoms with Crippen molar-refractivity contribution in [2.75, 3.05) is 5.73 Å². The van der Waals surface area contributed by atoms with Crippen LogP contribution in [0.2, 0.25) is 0 Å². The Morgan fingerprint density at radius 3 is 2.25 bits per heavy atom. The number of anilines is 1. The SMILES string of the molecule is N#Cc1c(N)cc(-c2ccc(OC(F)(F)F)cc2)c2nccnc12. The Labute approximate surface area is 134 Å². The maximum absolute atomic E-state index is 12.2. The minimum absolute atomic E-state index is 0.207. The van der Waals surface area contributed by atoms with Gasteiger partial charge in [-0.25, -0.2) is 0 Å². The van der Waals surface area contributed by atoms with Gasteiger partial charge in [0.05, 0.1) is 11.2 Å². The highest BCUT2D eigenvalue weighted by molar-refractivity contribution is 5.98. The van der Waals surface area contributed by atoms with Crippen LogP contribution in [0, 0.1) is 11.3 Å². The molecular formula is C16H9F3N4O. The number of nitriles is 1. The van der Waals surface area contributed by atoms with Crippen molar-refractivity contribution in [3.63, 3.8) is 0 Å². The molecule has 120 valence electrons. The van der Waals surface area contributed by atoms with Crippen LogP contribution in [0.1, 0.15) is 5.56 Å². The Morgan fingerprint density at radius 2 is 1.67 bits per heavy atom. The number of rotatable bonds is 2. The lowest BCUT2D eigenvalue weighted by Gasteiger charge is -2.11. The number of hydrogen-bond acceptors (Lipinski definition) is 5. The van der Waals surface area contributed by atoms with E-state index in [1.54, 1.807) is 6.07 Å². The van der Waals surface area contributed by atoms with Crippen LogP contribution in [0.3, 0.4) is 0 Å². The molecule has 8 heteroatoms. The normalized spacial score (nSPS) is 11.2. The molecule has 2 aromatic carbocycles. The van der Waals surface area contributed by atoms with Gasteiger partial charge in [0.1, 0.15) is 22.9 Å². The average Bonchev–Trinajstić information content (AvgIpc) is 2.53. The van der Waals surface area contributed by atoms with Crippen LogP contribution in [-0.2, 0) is 0 Å². The van der Waals surface area contributed by atoms with Crippen LogP contribution in [0.15, 0.2) is 42.7 Å². The molecule has 0 aliphatic heterocycles. The number of nitrogens with zero attached hydrogens (tertiary/aromatic N) is 3. The van der Waals surface area contributed by atoms with Crippen molar-refractivity contribution in [1.29, 1.82) is 5.26 Å². The summed E-state index contributed by atoms with van der Waals surface area (Å²) in [5.74, 6) is -0.330. The van der Waals surface area contributed by atoms with Crippen molar-refractivity contribution in [3.8, 4) is 22.9 Å². The zero-order valence-electron chi connectivity index (χ0n) is 12.0. The molecule has 0 aliphatic rings. The van der Waals surface area contributed by atoms with E-state index in [2.05, 4.69) is 14.7 Å². The molecule has 24 heavy (non-hydrogen) atoms. The van der Waals surface area contributed by atoms with Gasteiger partial charge in [0.2, 0.25) is 0 Å². The molecule has 0 spiro atoms. The predicted octanol–water partition coefficient (Wildman–Crippen LogP) is 3.65. The topological polar surface area (TPSA) is 84.8 Å². The zero-order valence-corrected chi connectivity index (χ0v) is 12.0. The highest BCUT2D eigenvalue weighted by Crippen LogP contribution is 2.33. The summed E-state index contributed by atoms with van der Waals surface area (Å²) in [5.41, 5.74) is 8.23. The summed E-state index contributed by atoms with van der Waals surface area (Å²) in [4.78, 5) is 8.34. The van der Waals surface area contributed by atoms with Gasteiger partial charge in [-0.3, -0.25) is 9.97 Å². The standard InChI is InChI=1S/C16H9F3N4O/c17-16(18,19)24-10-3-1-9(2-4-10)11-7-13(21)12(8-20)15-14(11)22-5-6-23-15/h1-7H,21H2. The van der Waals surface area contributed by atoms with Crippen LogP contribution in [0.5, 0.6) is 5.75 Å². The molecule has 1 heterocycles. The number of alkyl halides is 3. The number of halogens is 3. The molecule has 0 unspecified atom stereocenters. The molecule has 0 amide bonds. The largest absolute Gasteiger partial charge is 0.573 e. The number of ether oxygens (including phenoxy) is 1. The first kappa shape index (κ1) is 15.6. The van der Waals surface area contributed by atoms with E-state index in [0.29, 0.717) is 22.2 Å². The van der Waals surface area contributed by atoms with Crippen molar-refractivity contribution in [3.05, 3.63) is 48.3 Å². The second-order valence-electron chi connectivity index (χ2n) is 4.83. The van der Waals surface area contributed by atoms with Gasteiger partial charge in [0.15, 0.2) is 0 Å². The fourth-order valence-electron chi connectivity index (χ4n) is 2.32. The Kier molecular flexibility index (Phi) is 3.69. The summed E-state index contributed by atoms with van der Waals surface area (Å²) < 4.78 is 40.5. The molecule has 0 fully saturated rings. The maximum atomic E-state index is 12.2. The smallest absolute Gasteiger partial charge is 0.406 e. The van der Waals surface area contributed by atoms with E-state index < -0.39 is 6.36 Å². The number of aromatic nitrogens is 2. The highest BCUT2D eigenvalue weighted by atomic mass is 19.4. The van der Waals surface area contributed by atoms with Crippen LogP contribution in [-0.4, -0.2) is 16.3 Å². The van der Waals surface area contributed by atoms with Gasteiger partial charge in [-0.15, -0.1) is 13.2 Å². The second kappa shape index (κ2) is 5.70. The molecule has 0 bridgehead atoms. The molecule has 3 aromatic rings. The molecule has 2 N–H and O–H groups in total. The molecule has 0 saturated heterocycles. The molecule has 0 atom stereocenters. The van der Waals surface area contributed by atoms with Gasteiger partial charge in [-0.2, -0.15) is 5.26 Å². The third-order valence-electron chi connectivity index (χ3n) is 3.29. The quantitative estimate of drug-likeness (QED) is 0.725. The van der Waals surface area contributed by atoms with Gasteiger partial charge < -0.3 is 10.5 Å². The first-order valence-corrected chi connectivity index (χ1v) is 6.68. The summed E-state index contributed by atoms with van der Waals surface area (Å²) in [5, 5.41) is 9.20. The fourth-order valence-corrected chi connectivity index (χ4v) is 2.32. The number of benzene rings is 2. The molecule has 5 nitrogen and oxygen atoms in total. The minimum Gasteiger partial charge on any atom is -0.406 e. The van der Waals surface area contributed by atoms with Crippen molar-refractivity contribution >= 4 is 16.7 Å². The maximum Gasteiger partial charge on any atom is 0.573 e. The van der Waals surface area contributed by atoms with Crippen molar-refractivity contribution in [2.45, 2.75) is 6.36 Å². The lowest BCUT2D eigenvalue weighted by Crippen LogP contribution is -2.16. The lowest BCUT2D eigenvalue weighted by molar-refractivity contribution is -0.274. The molecule has 3 rings (SSSR count). The van der Waals surface area contributed by atoms with Crippen molar-refractivity contribution in [2.24, 2.45) is 0 Å². The Balaban J connectivity index is 2.12. The first-order chi connectivity index (χ1) is 11.4. The Bertz CT molecular complexity index is 946. The Hall–Kier alpha value is -3.34. The molecule has 0 radical (unpaired) electrons. The third-order valence-corrected chi connectivity index (χ3v) is 3.29. The summed E-state index contributed by atoms with van der Waals surface area (Å²) in [6.07, 6.45) is -1.85. The molecule has 1 aromatic heterocycles. The van der Waals surface area contributed by atoms with Crippen molar-refractivity contribution in [1.82, 2.24) is 9.97 Å². The fraction of sp³-hybridized carbons (Fsp3) is 0.0625. The second-order valence-corrected chi connectivity index (χ2v) is 4.83. The number of hydrogen-bond donors (Lipinski definition) is 1. The summed E-state index contributed by atoms with van der Waals surface area (Å²) in [6.45, 7) is 0. The zero-order chi connectivity index (χ0) is 17.3. The van der Waals surface area contributed by atoms with E-state index in [1.807, 2.05) is 6.07 Å². The minimum atomic E-state index is -4.75. The van der Waals surface area contributed by atoms with E-state index in [9.17, 15) is 18.4 Å². The Morgan fingerprint density at radius 1 is 1.04 bits per heavy atom. The number of nitrogens with two attached hydrogens (primary N) is 1. The van der Waals surface area contributed by atoms with Gasteiger partial charge in [0.25, 0.3) is 0 Å². The van der Waals surface area contributed by atoms with E-state index in [4.69, 9.17) is 5.73 Å². The highest BCUT2D eigenvalue weighted by Gasteiger charge is 2.31. The number of nitrogen functional groups attached to an aromatic ring is 1. The van der Waals surface area contributed by atoms with Gasteiger partial charge in [-0.1, -0.05) is 12.1 Å². The average molecular weight is 330 g/mol. The summed E-state index contributed by atoms with van der Waals surface area (Å²) >= 11 is 0. The summed E-state index contributed by atoms with van der Waals surface area (Å²) in [7, 11) is 0. The van der Waals surface area contributed by atoms with Crippen molar-refractivity contribution < 1.29 is 17.9 Å².